The van der Waals surface area contributed by atoms with Gasteiger partial charge in [-0.25, -0.2) is 4.98 Å². The third kappa shape index (κ3) is 3.58. The number of carbonyl (C=O) groups is 1. The maximum atomic E-state index is 12.9. The van der Waals surface area contributed by atoms with Crippen molar-refractivity contribution >= 4 is 38.2 Å². The van der Waals surface area contributed by atoms with Crippen molar-refractivity contribution < 1.29 is 9.53 Å². The zero-order valence-corrected chi connectivity index (χ0v) is 17.1. The van der Waals surface area contributed by atoms with E-state index in [1.54, 1.807) is 11.3 Å². The Labute approximate surface area is 173 Å². The van der Waals surface area contributed by atoms with Gasteiger partial charge in [0.05, 0.1) is 10.2 Å². The Morgan fingerprint density at radius 3 is 2.62 bits per heavy atom. The van der Waals surface area contributed by atoms with Gasteiger partial charge in [0.1, 0.15) is 6.10 Å². The second kappa shape index (κ2) is 7.48. The molecule has 0 bridgehead atoms. The van der Waals surface area contributed by atoms with E-state index in [2.05, 4.69) is 36.2 Å². The first kappa shape index (κ1) is 18.1. The van der Waals surface area contributed by atoms with Crippen LogP contribution < -0.4 is 4.74 Å². The summed E-state index contributed by atoms with van der Waals surface area (Å²) in [5.74, 6) is 0.102. The van der Waals surface area contributed by atoms with Crippen LogP contribution in [0.5, 0.6) is 5.19 Å². The molecule has 1 fully saturated rings. The largest absolute Gasteiger partial charge is 0.467 e. The average Bonchev–Trinajstić information content (AvgIpc) is 3.17. The number of rotatable bonds is 3. The van der Waals surface area contributed by atoms with Crippen LogP contribution in [-0.4, -0.2) is 35.0 Å². The Bertz CT molecular complexity index is 1190. The van der Waals surface area contributed by atoms with Gasteiger partial charge in [-0.05, 0) is 41.5 Å². The number of benzene rings is 3. The lowest BCUT2D eigenvalue weighted by molar-refractivity contribution is 0.0595. The first-order valence-electron chi connectivity index (χ1n) is 9.98. The van der Waals surface area contributed by atoms with Gasteiger partial charge < -0.3 is 9.64 Å². The summed E-state index contributed by atoms with van der Waals surface area (Å²) < 4.78 is 7.31. The predicted molar refractivity (Wildman–Crippen MR) is 118 cm³/mol. The molecule has 0 radical (unpaired) electrons. The number of hydrogen-bond donors (Lipinski definition) is 0. The van der Waals surface area contributed by atoms with Crippen molar-refractivity contribution in [1.29, 1.82) is 0 Å². The van der Waals surface area contributed by atoms with Gasteiger partial charge in [0.25, 0.3) is 11.1 Å². The number of likely N-dealkylation sites (tertiary alicyclic amines) is 1. The minimum Gasteiger partial charge on any atom is -0.467 e. The molecule has 1 amide bonds. The summed E-state index contributed by atoms with van der Waals surface area (Å²) >= 11 is 1.60. The van der Waals surface area contributed by atoms with Gasteiger partial charge in [-0.1, -0.05) is 53.8 Å². The summed E-state index contributed by atoms with van der Waals surface area (Å²) in [4.78, 5) is 19.5. The van der Waals surface area contributed by atoms with E-state index < -0.39 is 0 Å². The van der Waals surface area contributed by atoms with Crippen molar-refractivity contribution in [1.82, 2.24) is 9.88 Å². The number of thiazole rings is 1. The van der Waals surface area contributed by atoms with Crippen molar-refractivity contribution in [2.45, 2.75) is 25.9 Å². The fourth-order valence-electron chi connectivity index (χ4n) is 3.94. The van der Waals surface area contributed by atoms with E-state index in [1.165, 1.54) is 5.56 Å². The van der Waals surface area contributed by atoms with Crippen LogP contribution in [0, 0.1) is 6.92 Å². The highest BCUT2D eigenvalue weighted by Gasteiger charge is 2.25. The number of ether oxygens (including phenoxy) is 1. The molecule has 4 aromatic rings. The molecule has 0 aliphatic carbocycles. The van der Waals surface area contributed by atoms with E-state index >= 15 is 0 Å². The van der Waals surface area contributed by atoms with Crippen molar-refractivity contribution in [3.8, 4) is 5.19 Å². The van der Waals surface area contributed by atoms with Crippen LogP contribution >= 0.6 is 11.3 Å². The lowest BCUT2D eigenvalue weighted by Gasteiger charge is -2.31. The third-order valence-corrected chi connectivity index (χ3v) is 6.51. The highest BCUT2D eigenvalue weighted by Crippen LogP contribution is 2.31. The van der Waals surface area contributed by atoms with Crippen molar-refractivity contribution in [3.05, 3.63) is 71.8 Å². The molecule has 5 rings (SSSR count). The molecule has 1 saturated heterocycles. The Kier molecular flexibility index (Phi) is 4.68. The van der Waals surface area contributed by atoms with E-state index in [0.717, 1.165) is 44.6 Å². The Morgan fingerprint density at radius 2 is 1.83 bits per heavy atom. The van der Waals surface area contributed by atoms with Crippen molar-refractivity contribution in [2.24, 2.45) is 0 Å². The summed E-state index contributed by atoms with van der Waals surface area (Å²) in [6.07, 6.45) is 1.76. The summed E-state index contributed by atoms with van der Waals surface area (Å²) in [6, 6.07) is 20.3. The zero-order chi connectivity index (χ0) is 19.8. The second-order valence-electron chi connectivity index (χ2n) is 7.57. The molecule has 0 N–H and O–H groups in total. The van der Waals surface area contributed by atoms with Crippen molar-refractivity contribution in [2.75, 3.05) is 13.1 Å². The summed E-state index contributed by atoms with van der Waals surface area (Å²) in [6.45, 7) is 3.49. The van der Waals surface area contributed by atoms with Gasteiger partial charge in [-0.3, -0.25) is 4.79 Å². The molecular formula is C24H22N2O2S. The number of piperidine rings is 1. The fourth-order valence-corrected chi connectivity index (χ4v) is 4.90. The van der Waals surface area contributed by atoms with Crippen LogP contribution in [0.2, 0.25) is 0 Å². The van der Waals surface area contributed by atoms with Crippen molar-refractivity contribution in [3.63, 3.8) is 0 Å². The Hall–Kier alpha value is -2.92. The molecule has 1 aliphatic heterocycles. The van der Waals surface area contributed by atoms with E-state index in [-0.39, 0.29) is 12.0 Å². The smallest absolute Gasteiger partial charge is 0.274 e. The first-order valence-corrected chi connectivity index (χ1v) is 10.8. The van der Waals surface area contributed by atoms with E-state index in [4.69, 9.17) is 4.74 Å². The molecule has 29 heavy (non-hydrogen) atoms. The maximum Gasteiger partial charge on any atom is 0.274 e. The van der Waals surface area contributed by atoms with E-state index in [9.17, 15) is 4.79 Å². The topological polar surface area (TPSA) is 42.4 Å². The van der Waals surface area contributed by atoms with Crippen LogP contribution in [0.4, 0.5) is 0 Å². The molecule has 1 aromatic heterocycles. The lowest BCUT2D eigenvalue weighted by atomic mass is 10.0. The molecule has 4 nitrogen and oxygen atoms in total. The molecule has 1 aliphatic rings. The lowest BCUT2D eigenvalue weighted by Crippen LogP contribution is -2.41. The van der Waals surface area contributed by atoms with Gasteiger partial charge in [0, 0.05) is 31.5 Å². The average molecular weight is 403 g/mol. The number of aryl methyl sites for hydroxylation is 1. The fraction of sp³-hybridized carbons (Fsp3) is 0.250. The van der Waals surface area contributed by atoms with E-state index in [0.29, 0.717) is 13.1 Å². The molecule has 0 atom stereocenters. The minimum atomic E-state index is 0.102. The number of fused-ring (bicyclic) bond motifs is 2. The van der Waals surface area contributed by atoms with Gasteiger partial charge >= 0.3 is 0 Å². The van der Waals surface area contributed by atoms with Gasteiger partial charge in [-0.15, -0.1) is 0 Å². The van der Waals surface area contributed by atoms with Gasteiger partial charge in [-0.2, -0.15) is 0 Å². The zero-order valence-electron chi connectivity index (χ0n) is 16.3. The van der Waals surface area contributed by atoms with Crippen LogP contribution in [0.3, 0.4) is 0 Å². The second-order valence-corrected chi connectivity index (χ2v) is 8.57. The standard InChI is InChI=1S/C24H22N2O2S/c1-16-5-4-8-21-22(16)25-24(29-21)28-20-11-13-26(14-12-20)23(27)19-10-9-17-6-2-3-7-18(17)15-19/h2-10,15,20H,11-14H2,1H3. The SMILES string of the molecule is Cc1cccc2sc(OC3CCN(C(=O)c4ccc5ccccc5c4)CC3)nc12. The molecule has 0 saturated carbocycles. The van der Waals surface area contributed by atoms with Crippen LogP contribution in [-0.2, 0) is 0 Å². The monoisotopic (exact) mass is 402 g/mol. The summed E-state index contributed by atoms with van der Waals surface area (Å²) in [7, 11) is 0. The normalized spacial score (nSPS) is 15.1. The van der Waals surface area contributed by atoms with Gasteiger partial charge in [0.2, 0.25) is 0 Å². The van der Waals surface area contributed by atoms with Crippen LogP contribution in [0.15, 0.2) is 60.7 Å². The Balaban J connectivity index is 1.24. The number of amides is 1. The quantitative estimate of drug-likeness (QED) is 0.458. The number of aromatic nitrogens is 1. The number of hydrogen-bond acceptors (Lipinski definition) is 4. The summed E-state index contributed by atoms with van der Waals surface area (Å²) in [5, 5.41) is 2.98. The third-order valence-electron chi connectivity index (χ3n) is 5.59. The van der Waals surface area contributed by atoms with Crippen LogP contribution in [0.25, 0.3) is 21.0 Å². The Morgan fingerprint density at radius 1 is 1.03 bits per heavy atom. The minimum absolute atomic E-state index is 0.102. The molecule has 2 heterocycles. The number of carbonyl (C=O) groups excluding carboxylic acids is 1. The number of nitrogens with zero attached hydrogens (tertiary/aromatic N) is 2. The van der Waals surface area contributed by atoms with Crippen LogP contribution in [0.1, 0.15) is 28.8 Å². The molecule has 3 aromatic carbocycles. The molecule has 146 valence electrons. The molecule has 0 unspecified atom stereocenters. The molecule has 5 heteroatoms. The first-order chi connectivity index (χ1) is 14.2. The van der Waals surface area contributed by atoms with E-state index in [1.807, 2.05) is 41.3 Å². The molecular weight excluding hydrogens is 380 g/mol. The highest BCUT2D eigenvalue weighted by molar-refractivity contribution is 7.20. The predicted octanol–water partition coefficient (Wildman–Crippen LogP) is 5.44. The van der Waals surface area contributed by atoms with Gasteiger partial charge in [0.15, 0.2) is 0 Å². The highest BCUT2D eigenvalue weighted by atomic mass is 32.1. The number of para-hydroxylation sites is 1. The summed E-state index contributed by atoms with van der Waals surface area (Å²) in [5.41, 5.74) is 2.95. The molecule has 0 spiro atoms. The maximum absolute atomic E-state index is 12.9.